The van der Waals surface area contributed by atoms with E-state index in [9.17, 15) is 9.90 Å². The van der Waals surface area contributed by atoms with Gasteiger partial charge in [0.15, 0.2) is 0 Å². The molecule has 0 radical (unpaired) electrons. The number of carbonyl (C=O) groups is 1. The molecule has 0 bridgehead atoms. The highest BCUT2D eigenvalue weighted by Crippen LogP contribution is 2.34. The molecular formula is C20H28N2O2. The maximum Gasteiger partial charge on any atom is 0.253 e. The van der Waals surface area contributed by atoms with Gasteiger partial charge in [0.05, 0.1) is 6.61 Å². The number of hydrogen-bond acceptors (Lipinski definition) is 3. The van der Waals surface area contributed by atoms with Gasteiger partial charge in [-0.3, -0.25) is 4.79 Å². The largest absolute Gasteiger partial charge is 0.396 e. The number of benzene rings is 1. The zero-order valence-corrected chi connectivity index (χ0v) is 14.4. The van der Waals surface area contributed by atoms with E-state index in [1.54, 1.807) is 0 Å². The third-order valence-corrected chi connectivity index (χ3v) is 5.45. The normalized spacial score (nSPS) is 24.2. The van der Waals surface area contributed by atoms with E-state index < -0.39 is 0 Å². The van der Waals surface area contributed by atoms with Crippen LogP contribution < -0.4 is 4.90 Å². The number of rotatable bonds is 5. The molecule has 2 aliphatic heterocycles. The molecule has 4 heteroatoms. The number of likely N-dealkylation sites (tertiary alicyclic amines) is 1. The molecule has 3 rings (SSSR count). The maximum absolute atomic E-state index is 12.8. The molecule has 0 spiro atoms. The number of amides is 1. The first-order chi connectivity index (χ1) is 11.7. The molecule has 1 atom stereocenters. The molecule has 0 unspecified atom stereocenters. The fourth-order valence-electron chi connectivity index (χ4n) is 4.02. The third kappa shape index (κ3) is 3.48. The highest BCUT2D eigenvalue weighted by Gasteiger charge is 2.35. The van der Waals surface area contributed by atoms with Crippen LogP contribution in [0.2, 0.25) is 0 Å². The average molecular weight is 328 g/mol. The zero-order valence-electron chi connectivity index (χ0n) is 14.4. The SMILES string of the molecule is C=CC[C@@]1(CO)CCCN(C(=O)c2ccc(N3CCCC3)cc2)C1. The highest BCUT2D eigenvalue weighted by molar-refractivity contribution is 5.94. The van der Waals surface area contributed by atoms with E-state index >= 15 is 0 Å². The Morgan fingerprint density at radius 1 is 1.17 bits per heavy atom. The van der Waals surface area contributed by atoms with Crippen molar-refractivity contribution in [1.82, 2.24) is 4.90 Å². The van der Waals surface area contributed by atoms with Crippen LogP contribution in [0.5, 0.6) is 0 Å². The minimum Gasteiger partial charge on any atom is -0.396 e. The van der Waals surface area contributed by atoms with Crippen LogP contribution in [0.4, 0.5) is 5.69 Å². The molecule has 0 aliphatic carbocycles. The summed E-state index contributed by atoms with van der Waals surface area (Å²) in [5, 5.41) is 9.81. The van der Waals surface area contributed by atoms with Crippen molar-refractivity contribution in [3.05, 3.63) is 42.5 Å². The summed E-state index contributed by atoms with van der Waals surface area (Å²) in [5.74, 6) is 0.0737. The van der Waals surface area contributed by atoms with E-state index in [2.05, 4.69) is 23.6 Å². The highest BCUT2D eigenvalue weighted by atomic mass is 16.3. The topological polar surface area (TPSA) is 43.8 Å². The third-order valence-electron chi connectivity index (χ3n) is 5.45. The number of carbonyl (C=O) groups excluding carboxylic acids is 1. The minimum absolute atomic E-state index is 0.0737. The average Bonchev–Trinajstić information content (AvgIpc) is 3.16. The van der Waals surface area contributed by atoms with Crippen molar-refractivity contribution in [2.75, 3.05) is 37.7 Å². The van der Waals surface area contributed by atoms with Crippen molar-refractivity contribution in [3.8, 4) is 0 Å². The summed E-state index contributed by atoms with van der Waals surface area (Å²) in [6.45, 7) is 7.52. The van der Waals surface area contributed by atoms with Crippen LogP contribution >= 0.6 is 0 Å². The summed E-state index contributed by atoms with van der Waals surface area (Å²) < 4.78 is 0. The Balaban J connectivity index is 1.70. The van der Waals surface area contributed by atoms with Gasteiger partial charge in [0.1, 0.15) is 0 Å². The van der Waals surface area contributed by atoms with E-state index in [0.29, 0.717) is 6.54 Å². The molecule has 4 nitrogen and oxygen atoms in total. The molecule has 1 amide bonds. The van der Waals surface area contributed by atoms with Gasteiger partial charge in [0.2, 0.25) is 0 Å². The van der Waals surface area contributed by atoms with E-state index in [1.165, 1.54) is 18.5 Å². The standard InChI is InChI=1S/C20H28N2O2/c1-2-10-20(16-23)11-5-14-22(15-20)19(24)17-6-8-18(9-7-17)21-12-3-4-13-21/h2,6-9,23H,1,3-5,10-16H2/t20-/m1/s1. The van der Waals surface area contributed by atoms with Gasteiger partial charge in [0.25, 0.3) is 5.91 Å². The second kappa shape index (κ2) is 7.39. The first-order valence-corrected chi connectivity index (χ1v) is 9.03. The Labute approximate surface area is 144 Å². The van der Waals surface area contributed by atoms with Crippen LogP contribution in [0.3, 0.4) is 0 Å². The Morgan fingerprint density at radius 3 is 2.50 bits per heavy atom. The van der Waals surface area contributed by atoms with Gasteiger partial charge in [-0.05, 0) is 56.4 Å². The van der Waals surface area contributed by atoms with Crippen molar-refractivity contribution in [2.24, 2.45) is 5.41 Å². The second-order valence-electron chi connectivity index (χ2n) is 7.22. The minimum atomic E-state index is -0.217. The zero-order chi connectivity index (χ0) is 17.0. The van der Waals surface area contributed by atoms with Gasteiger partial charge < -0.3 is 14.9 Å². The van der Waals surface area contributed by atoms with Crippen LogP contribution in [-0.2, 0) is 0 Å². The van der Waals surface area contributed by atoms with Gasteiger partial charge >= 0.3 is 0 Å². The number of aliphatic hydroxyl groups excluding tert-OH is 1. The molecule has 0 aromatic heterocycles. The van der Waals surface area contributed by atoms with Crippen molar-refractivity contribution < 1.29 is 9.90 Å². The van der Waals surface area contributed by atoms with Gasteiger partial charge in [0, 0.05) is 42.8 Å². The van der Waals surface area contributed by atoms with Crippen molar-refractivity contribution >= 4 is 11.6 Å². The lowest BCUT2D eigenvalue weighted by atomic mass is 9.77. The van der Waals surface area contributed by atoms with E-state index in [-0.39, 0.29) is 17.9 Å². The van der Waals surface area contributed by atoms with E-state index in [0.717, 1.165) is 44.5 Å². The van der Waals surface area contributed by atoms with Gasteiger partial charge in [-0.2, -0.15) is 0 Å². The summed E-state index contributed by atoms with van der Waals surface area (Å²) in [6, 6.07) is 8.01. The molecule has 1 aromatic rings. The Kier molecular flexibility index (Phi) is 5.24. The second-order valence-corrected chi connectivity index (χ2v) is 7.22. The fraction of sp³-hybridized carbons (Fsp3) is 0.550. The Bertz CT molecular complexity index is 578. The number of anilines is 1. The smallest absolute Gasteiger partial charge is 0.253 e. The van der Waals surface area contributed by atoms with Crippen LogP contribution in [0.15, 0.2) is 36.9 Å². The number of allylic oxidation sites excluding steroid dienone is 1. The monoisotopic (exact) mass is 328 g/mol. The number of piperidine rings is 1. The van der Waals surface area contributed by atoms with Crippen molar-refractivity contribution in [1.29, 1.82) is 0 Å². The maximum atomic E-state index is 12.8. The Hall–Kier alpha value is -1.81. The lowest BCUT2D eigenvalue weighted by Crippen LogP contribution is -2.47. The molecule has 1 aromatic carbocycles. The molecule has 1 N–H and O–H groups in total. The van der Waals surface area contributed by atoms with Crippen LogP contribution in [0.25, 0.3) is 0 Å². The first-order valence-electron chi connectivity index (χ1n) is 9.03. The summed E-state index contributed by atoms with van der Waals surface area (Å²) in [5.41, 5.74) is 1.73. The van der Waals surface area contributed by atoms with Crippen molar-refractivity contribution in [3.63, 3.8) is 0 Å². The van der Waals surface area contributed by atoms with Crippen molar-refractivity contribution in [2.45, 2.75) is 32.1 Å². The van der Waals surface area contributed by atoms with Crippen LogP contribution in [0.1, 0.15) is 42.5 Å². The first kappa shape index (κ1) is 17.0. The molecule has 2 saturated heterocycles. The Morgan fingerprint density at radius 2 is 1.88 bits per heavy atom. The molecule has 130 valence electrons. The predicted molar refractivity (Wildman–Crippen MR) is 97.4 cm³/mol. The molecule has 2 fully saturated rings. The number of aliphatic hydroxyl groups is 1. The van der Waals surface area contributed by atoms with E-state index in [1.807, 2.05) is 23.1 Å². The summed E-state index contributed by atoms with van der Waals surface area (Å²) >= 11 is 0. The summed E-state index contributed by atoms with van der Waals surface area (Å²) in [4.78, 5) is 17.1. The lowest BCUT2D eigenvalue weighted by molar-refractivity contribution is 0.0285. The number of hydrogen-bond donors (Lipinski definition) is 1. The molecular weight excluding hydrogens is 300 g/mol. The molecule has 2 heterocycles. The molecule has 2 aliphatic rings. The predicted octanol–water partition coefficient (Wildman–Crippen LogP) is 3.08. The van der Waals surface area contributed by atoms with E-state index in [4.69, 9.17) is 0 Å². The number of nitrogens with zero attached hydrogens (tertiary/aromatic N) is 2. The van der Waals surface area contributed by atoms with Crippen LogP contribution in [-0.4, -0.2) is 48.7 Å². The van der Waals surface area contributed by atoms with Gasteiger partial charge in [-0.25, -0.2) is 0 Å². The molecule has 24 heavy (non-hydrogen) atoms. The molecule has 0 saturated carbocycles. The summed E-state index contributed by atoms with van der Waals surface area (Å²) in [7, 11) is 0. The summed E-state index contributed by atoms with van der Waals surface area (Å²) in [6.07, 6.45) is 7.00. The fourth-order valence-corrected chi connectivity index (χ4v) is 4.02. The quantitative estimate of drug-likeness (QED) is 0.845. The van der Waals surface area contributed by atoms with Gasteiger partial charge in [-0.1, -0.05) is 6.08 Å². The van der Waals surface area contributed by atoms with Gasteiger partial charge in [-0.15, -0.1) is 6.58 Å². The lowest BCUT2D eigenvalue weighted by Gasteiger charge is -2.41. The van der Waals surface area contributed by atoms with Crippen LogP contribution in [0, 0.1) is 5.41 Å².